The third-order valence-electron chi connectivity index (χ3n) is 24.9. The van der Waals surface area contributed by atoms with E-state index in [0.29, 0.717) is 41.0 Å². The van der Waals surface area contributed by atoms with Crippen LogP contribution in [0.15, 0.2) is 419 Å². The van der Waals surface area contributed by atoms with Gasteiger partial charge in [-0.3, -0.25) is 9.13 Å². The van der Waals surface area contributed by atoms with E-state index in [4.69, 9.17) is 39.9 Å². The molecule has 26 aromatic rings. The Hall–Kier alpha value is -17.0. The molecule has 0 amide bonds. The first kappa shape index (κ1) is 70.9. The van der Waals surface area contributed by atoms with E-state index in [2.05, 4.69) is 311 Å². The van der Waals surface area contributed by atoms with Gasteiger partial charge in [0.1, 0.15) is 0 Å². The van der Waals surface area contributed by atoms with E-state index in [0.717, 1.165) is 126 Å². The molecule has 0 atom stereocenters. The summed E-state index contributed by atoms with van der Waals surface area (Å²) in [5, 5.41) is 24.3. The molecular formula is C114H69N11. The number of nitrogens with zero attached hydrogens (tertiary/aromatic N) is 11. The van der Waals surface area contributed by atoms with Crippen LogP contribution in [-0.4, -0.2) is 53.6 Å². The van der Waals surface area contributed by atoms with Crippen molar-refractivity contribution in [2.24, 2.45) is 0 Å². The lowest BCUT2D eigenvalue weighted by Gasteiger charge is -2.16. The molecule has 0 fully saturated rings. The van der Waals surface area contributed by atoms with Crippen LogP contribution in [0.1, 0.15) is 0 Å². The van der Waals surface area contributed by atoms with Crippen LogP contribution in [0.3, 0.4) is 0 Å². The summed E-state index contributed by atoms with van der Waals surface area (Å²) < 4.78 is 6.94. The highest BCUT2D eigenvalue weighted by Gasteiger charge is 2.29. The predicted molar refractivity (Wildman–Crippen MR) is 516 cm³/mol. The highest BCUT2D eigenvalue weighted by Crippen LogP contribution is 2.51. The van der Waals surface area contributed by atoms with Crippen LogP contribution in [-0.2, 0) is 0 Å². The summed E-state index contributed by atoms with van der Waals surface area (Å²) in [4.78, 5) is 41.9. The maximum Gasteiger partial charge on any atom is 0.238 e. The number of benzene rings is 20. The fraction of sp³-hybridized carbons (Fsp3) is 0. The summed E-state index contributed by atoms with van der Waals surface area (Å²) in [6.07, 6.45) is 0. The molecule has 20 aromatic carbocycles. The van der Waals surface area contributed by atoms with Crippen LogP contribution in [0, 0.1) is 0 Å². The molecule has 0 spiro atoms. The molecule has 0 aliphatic heterocycles. The zero-order chi connectivity index (χ0) is 82.2. The number of aromatic nitrogens is 11. The Morgan fingerprint density at radius 3 is 1.06 bits per heavy atom. The summed E-state index contributed by atoms with van der Waals surface area (Å²) in [5.74, 6) is 4.29. The zero-order valence-corrected chi connectivity index (χ0v) is 67.3. The molecule has 0 bridgehead atoms. The van der Waals surface area contributed by atoms with E-state index < -0.39 is 0 Å². The number of rotatable bonds is 10. The second-order valence-corrected chi connectivity index (χ2v) is 32.0. The molecule has 580 valence electrons. The molecule has 26 rings (SSSR count). The van der Waals surface area contributed by atoms with Crippen molar-refractivity contribution in [1.82, 2.24) is 53.6 Å². The van der Waals surface area contributed by atoms with Crippen LogP contribution in [0.25, 0.3) is 249 Å². The lowest BCUT2D eigenvalue weighted by Crippen LogP contribution is -2.06. The van der Waals surface area contributed by atoms with Gasteiger partial charge in [-0.05, 0) is 132 Å². The molecule has 6 heterocycles. The minimum absolute atomic E-state index is 0.552. The van der Waals surface area contributed by atoms with Gasteiger partial charge in [-0.15, -0.1) is 0 Å². The van der Waals surface area contributed by atoms with E-state index >= 15 is 0 Å². The molecule has 11 nitrogen and oxygen atoms in total. The summed E-state index contributed by atoms with van der Waals surface area (Å²) in [5.41, 5.74) is 17.7. The van der Waals surface area contributed by atoms with E-state index in [-0.39, 0.29) is 0 Å². The first-order valence-electron chi connectivity index (χ1n) is 42.2. The Morgan fingerprint density at radius 2 is 0.536 bits per heavy atom. The van der Waals surface area contributed by atoms with Gasteiger partial charge in [0.2, 0.25) is 11.9 Å². The topological polar surface area (TPSA) is 118 Å². The lowest BCUT2D eigenvalue weighted by atomic mass is 9.88. The molecule has 0 saturated heterocycles. The molecule has 6 aromatic heterocycles. The minimum atomic E-state index is 0.552. The van der Waals surface area contributed by atoms with Gasteiger partial charge in [0, 0.05) is 98.3 Å². The van der Waals surface area contributed by atoms with Gasteiger partial charge in [-0.1, -0.05) is 352 Å². The van der Waals surface area contributed by atoms with Crippen molar-refractivity contribution >= 4 is 152 Å². The maximum atomic E-state index is 5.54. The highest BCUT2D eigenvalue weighted by atomic mass is 15.2. The first-order valence-corrected chi connectivity index (χ1v) is 42.2. The van der Waals surface area contributed by atoms with Crippen molar-refractivity contribution < 1.29 is 0 Å². The Bertz CT molecular complexity index is 8800. The van der Waals surface area contributed by atoms with Crippen molar-refractivity contribution in [3.8, 4) is 96.9 Å². The molecule has 0 radical (unpaired) electrons. The minimum Gasteiger partial charge on any atom is -0.309 e. The largest absolute Gasteiger partial charge is 0.309 e. The van der Waals surface area contributed by atoms with Gasteiger partial charge in [0.05, 0.1) is 44.3 Å². The Labute approximate surface area is 716 Å². The molecule has 0 unspecified atom stereocenters. The molecule has 0 aliphatic rings. The van der Waals surface area contributed by atoms with E-state index in [1.165, 1.54) is 81.4 Å². The van der Waals surface area contributed by atoms with Crippen LogP contribution in [0.4, 0.5) is 0 Å². The maximum absolute atomic E-state index is 5.54. The summed E-state index contributed by atoms with van der Waals surface area (Å²) >= 11 is 0. The van der Waals surface area contributed by atoms with Crippen LogP contribution in [0.2, 0.25) is 0 Å². The first-order chi connectivity index (χ1) is 62.0. The Morgan fingerprint density at radius 1 is 0.168 bits per heavy atom. The SMILES string of the molecule is c1ccc(-c2nc(-c3ccccc3)nc(-c3cc4c5ccccc5c5c(c6ccccc6n5-c5nc(-c6ccccc6)nc(-c6ccccc6)n5)c4c4ccccc34)n2)cc1.c1ccc(-n2c3ccccc3c3cc(-c4cc5c6ccccc6c6c(c7ccccc7n6-c6nc(-c7ccc8ccccc8c7)c7ccccc7n6)c5c5ccccc45)ccc32)cc1. The van der Waals surface area contributed by atoms with E-state index in [1.807, 2.05) is 121 Å². The highest BCUT2D eigenvalue weighted by molar-refractivity contribution is 6.40. The lowest BCUT2D eigenvalue weighted by molar-refractivity contribution is 0.955. The third-order valence-corrected chi connectivity index (χ3v) is 24.9. The van der Waals surface area contributed by atoms with Gasteiger partial charge in [0.15, 0.2) is 29.1 Å². The summed E-state index contributed by atoms with van der Waals surface area (Å²) in [6.45, 7) is 0. The molecule has 11 heteroatoms. The molecule has 0 saturated carbocycles. The number of fused-ring (bicyclic) bond motifs is 25. The smallest absolute Gasteiger partial charge is 0.238 e. The second-order valence-electron chi connectivity index (χ2n) is 32.0. The molecule has 125 heavy (non-hydrogen) atoms. The van der Waals surface area contributed by atoms with Crippen molar-refractivity contribution in [3.63, 3.8) is 0 Å². The number of hydrogen-bond donors (Lipinski definition) is 0. The average Bonchev–Trinajstić information content (AvgIpc) is 1.57. The fourth-order valence-electron chi connectivity index (χ4n) is 19.4. The normalized spacial score (nSPS) is 11.8. The molecule has 0 N–H and O–H groups in total. The van der Waals surface area contributed by atoms with Crippen LogP contribution >= 0.6 is 0 Å². The van der Waals surface area contributed by atoms with Gasteiger partial charge in [-0.25, -0.2) is 29.9 Å². The zero-order valence-electron chi connectivity index (χ0n) is 67.3. The summed E-state index contributed by atoms with van der Waals surface area (Å²) in [7, 11) is 0. The van der Waals surface area contributed by atoms with Gasteiger partial charge in [0.25, 0.3) is 0 Å². The fourth-order valence-corrected chi connectivity index (χ4v) is 19.4. The standard InChI is InChI=1S/C60H36N4.C54H33N7/c1-2-18-41(19-3-1)63-53-28-14-11-22-44(53)50-35-39(32-33-55(50)63)49-36-51-43-21-7-9-24-46(43)59-57(56(51)45-23-8-6-20-42(45)49)48-26-12-15-29-54(48)64(59)60-61-52-27-13-10-25-47(52)58(62-60)40-31-30-37-16-4-5-17-38(37)34-40;1-5-19-34(20-6-1)49-55-50(35-21-7-2-8-22-35)58-53(57-49)44-33-43-39-28-14-16-30-41(39)48-47(46(43)40-29-15-13-27-38(40)44)42-31-17-18-32-45(42)61(48)54-59-51(36-23-9-3-10-24-36)56-52(60-54)37-25-11-4-12-26-37/h1-36H;1-33H. The Balaban J connectivity index is 0.000000137. The Kier molecular flexibility index (Phi) is 16.4. The van der Waals surface area contributed by atoms with Crippen LogP contribution in [0.5, 0.6) is 0 Å². The number of para-hydroxylation sites is 5. The summed E-state index contributed by atoms with van der Waals surface area (Å²) in [6, 6.07) is 148. The van der Waals surface area contributed by atoms with Gasteiger partial charge < -0.3 is 4.57 Å². The van der Waals surface area contributed by atoms with Crippen LogP contribution < -0.4 is 0 Å². The molecular weight excluding hydrogens is 1520 g/mol. The van der Waals surface area contributed by atoms with Gasteiger partial charge in [-0.2, -0.15) is 9.97 Å². The quantitative estimate of drug-likeness (QED) is 0.124. The van der Waals surface area contributed by atoms with Crippen molar-refractivity contribution in [2.45, 2.75) is 0 Å². The van der Waals surface area contributed by atoms with E-state index in [9.17, 15) is 0 Å². The molecule has 0 aliphatic carbocycles. The second kappa shape index (κ2) is 28.9. The van der Waals surface area contributed by atoms with Crippen molar-refractivity contribution in [1.29, 1.82) is 0 Å². The third kappa shape index (κ3) is 11.5. The van der Waals surface area contributed by atoms with E-state index in [1.54, 1.807) is 0 Å². The monoisotopic (exact) mass is 1590 g/mol. The predicted octanol–water partition coefficient (Wildman–Crippen LogP) is 28.7. The van der Waals surface area contributed by atoms with Crippen molar-refractivity contribution in [2.75, 3.05) is 0 Å². The average molecular weight is 1590 g/mol. The van der Waals surface area contributed by atoms with Gasteiger partial charge >= 0.3 is 0 Å². The van der Waals surface area contributed by atoms with Crippen molar-refractivity contribution in [3.05, 3.63) is 419 Å². The number of hydrogen-bond acceptors (Lipinski definition) is 8.